The van der Waals surface area contributed by atoms with Crippen LogP contribution in [-0.2, 0) is 6.42 Å². The number of urea groups is 1. The third kappa shape index (κ3) is 2.96. The van der Waals surface area contributed by atoms with Gasteiger partial charge in [0.05, 0.1) is 5.56 Å². The largest absolute Gasteiger partial charge is 0.365 e. The molecule has 1 aromatic carbocycles. The summed E-state index contributed by atoms with van der Waals surface area (Å²) in [4.78, 5) is 28.0. The minimum atomic E-state index is -0.492. The van der Waals surface area contributed by atoms with Crippen LogP contribution in [0.5, 0.6) is 0 Å². The van der Waals surface area contributed by atoms with Crippen molar-refractivity contribution in [2.75, 3.05) is 17.7 Å². The third-order valence-corrected chi connectivity index (χ3v) is 6.70. The van der Waals surface area contributed by atoms with E-state index in [1.54, 1.807) is 24.3 Å². The molecular weight excluding hydrogens is 372 g/mol. The molecule has 1 fully saturated rings. The zero-order valence-electron chi connectivity index (χ0n) is 14.2. The monoisotopic (exact) mass is 390 g/mol. The molecule has 0 spiro atoms. The van der Waals surface area contributed by atoms with Gasteiger partial charge >= 0.3 is 6.03 Å². The van der Waals surface area contributed by atoms with Crippen molar-refractivity contribution >= 4 is 45.6 Å². The molecule has 136 valence electrons. The first-order valence-electron chi connectivity index (χ1n) is 8.45. The molecule has 3 heterocycles. The van der Waals surface area contributed by atoms with Crippen LogP contribution in [0.15, 0.2) is 24.3 Å². The Morgan fingerprint density at radius 3 is 2.65 bits per heavy atom. The molecule has 26 heavy (non-hydrogen) atoms. The topological polar surface area (TPSA) is 87.5 Å². The van der Waals surface area contributed by atoms with Crippen molar-refractivity contribution in [2.24, 2.45) is 5.73 Å². The molecular formula is C18H19ClN4O2S. The van der Waals surface area contributed by atoms with Crippen LogP contribution in [0.3, 0.4) is 0 Å². The lowest BCUT2D eigenvalue weighted by Gasteiger charge is -2.31. The summed E-state index contributed by atoms with van der Waals surface area (Å²) in [5.41, 5.74) is 7.73. The zero-order valence-corrected chi connectivity index (χ0v) is 15.8. The van der Waals surface area contributed by atoms with E-state index in [0.717, 1.165) is 29.7 Å². The molecule has 2 aromatic rings. The van der Waals surface area contributed by atoms with Crippen LogP contribution in [0.4, 0.5) is 15.5 Å². The van der Waals surface area contributed by atoms with E-state index in [1.165, 1.54) is 11.3 Å². The predicted molar refractivity (Wildman–Crippen MR) is 104 cm³/mol. The van der Waals surface area contributed by atoms with Crippen LogP contribution in [0, 0.1) is 0 Å². The van der Waals surface area contributed by atoms with E-state index in [9.17, 15) is 9.59 Å². The van der Waals surface area contributed by atoms with Crippen molar-refractivity contribution in [2.45, 2.75) is 31.3 Å². The molecule has 0 aliphatic carbocycles. The summed E-state index contributed by atoms with van der Waals surface area (Å²) in [7, 11) is 2.12. The Morgan fingerprint density at radius 1 is 1.23 bits per heavy atom. The van der Waals surface area contributed by atoms with Gasteiger partial charge in [-0.3, -0.25) is 15.0 Å². The van der Waals surface area contributed by atoms with E-state index < -0.39 is 11.9 Å². The van der Waals surface area contributed by atoms with Crippen molar-refractivity contribution in [3.63, 3.8) is 0 Å². The number of nitrogens with two attached hydrogens (primary N) is 1. The highest BCUT2D eigenvalue weighted by Crippen LogP contribution is 2.49. The van der Waals surface area contributed by atoms with E-state index >= 15 is 0 Å². The smallest absolute Gasteiger partial charge is 0.324 e. The molecule has 0 radical (unpaired) electrons. The van der Waals surface area contributed by atoms with E-state index in [2.05, 4.69) is 22.6 Å². The maximum Gasteiger partial charge on any atom is 0.324 e. The molecule has 2 aliphatic heterocycles. The Kier molecular flexibility index (Phi) is 4.38. The highest BCUT2D eigenvalue weighted by atomic mass is 35.5. The predicted octanol–water partition coefficient (Wildman–Crippen LogP) is 3.84. The van der Waals surface area contributed by atoms with Gasteiger partial charge in [0.1, 0.15) is 5.00 Å². The minimum Gasteiger partial charge on any atom is -0.365 e. The summed E-state index contributed by atoms with van der Waals surface area (Å²) in [6.45, 7) is 0. The number of amides is 3. The number of fused-ring (bicyclic) bond motifs is 4. The summed E-state index contributed by atoms with van der Waals surface area (Å²) >= 11 is 7.31. The molecule has 8 heteroatoms. The second-order valence-corrected chi connectivity index (χ2v) is 8.20. The third-order valence-electron chi connectivity index (χ3n) is 5.20. The Labute approximate surface area is 160 Å². The number of carbonyl (C=O) groups excluding carboxylic acids is 2. The Morgan fingerprint density at radius 2 is 1.96 bits per heavy atom. The first-order chi connectivity index (χ1) is 12.4. The molecule has 6 nitrogen and oxygen atoms in total. The van der Waals surface area contributed by atoms with E-state index in [4.69, 9.17) is 17.3 Å². The lowest BCUT2D eigenvalue weighted by atomic mass is 9.97. The maximum atomic E-state index is 12.4. The average molecular weight is 391 g/mol. The fourth-order valence-corrected chi connectivity index (χ4v) is 5.46. The van der Waals surface area contributed by atoms with Gasteiger partial charge in [0.2, 0.25) is 0 Å². The van der Waals surface area contributed by atoms with Crippen LogP contribution < -0.4 is 16.4 Å². The number of hydrogen-bond acceptors (Lipinski definition) is 4. The Hall–Kier alpha value is -2.09. The number of benzene rings is 1. The number of carbonyl (C=O) groups is 2. The number of nitrogens with zero attached hydrogens (tertiary/aromatic N) is 1. The van der Waals surface area contributed by atoms with Crippen LogP contribution in [0.1, 0.15) is 39.7 Å². The SMILES string of the molecule is CN1C2CCC1c1sc(NC(=O)Nc3ccc(Cl)cc3)c(C(N)=O)c1C2. The highest BCUT2D eigenvalue weighted by molar-refractivity contribution is 7.17. The number of hydrogen-bond donors (Lipinski definition) is 3. The maximum absolute atomic E-state index is 12.4. The number of nitrogens with one attached hydrogen (secondary N) is 2. The molecule has 1 aromatic heterocycles. The van der Waals surface area contributed by atoms with Crippen LogP contribution in [-0.4, -0.2) is 29.9 Å². The summed E-state index contributed by atoms with van der Waals surface area (Å²) in [5, 5.41) is 6.66. The van der Waals surface area contributed by atoms with Gasteiger partial charge in [-0.15, -0.1) is 11.3 Å². The lowest BCUT2D eigenvalue weighted by Crippen LogP contribution is -2.34. The molecule has 2 unspecified atom stereocenters. The van der Waals surface area contributed by atoms with Crippen molar-refractivity contribution in [1.29, 1.82) is 0 Å². The second kappa shape index (κ2) is 6.57. The molecule has 4 rings (SSSR count). The zero-order chi connectivity index (χ0) is 18.4. The molecule has 4 N–H and O–H groups in total. The van der Waals surface area contributed by atoms with Crippen molar-refractivity contribution in [3.05, 3.63) is 45.3 Å². The fourth-order valence-electron chi connectivity index (χ4n) is 3.91. The summed E-state index contributed by atoms with van der Waals surface area (Å²) in [6.07, 6.45) is 3.00. The van der Waals surface area contributed by atoms with Crippen molar-refractivity contribution < 1.29 is 9.59 Å². The van der Waals surface area contributed by atoms with Gasteiger partial charge in [-0.05, 0) is 56.1 Å². The minimum absolute atomic E-state index is 0.307. The highest BCUT2D eigenvalue weighted by Gasteiger charge is 2.41. The van der Waals surface area contributed by atoms with Crippen molar-refractivity contribution in [3.8, 4) is 0 Å². The Balaban J connectivity index is 1.60. The normalized spacial score (nSPS) is 21.3. The first-order valence-corrected chi connectivity index (χ1v) is 9.64. The van der Waals surface area contributed by atoms with Gasteiger partial charge < -0.3 is 11.1 Å². The van der Waals surface area contributed by atoms with Gasteiger partial charge in [0.15, 0.2) is 0 Å². The Bertz CT molecular complexity index is 880. The molecule has 0 saturated carbocycles. The van der Waals surface area contributed by atoms with Gasteiger partial charge in [-0.2, -0.15) is 0 Å². The fraction of sp³-hybridized carbons (Fsp3) is 0.333. The summed E-state index contributed by atoms with van der Waals surface area (Å²) in [5.74, 6) is -0.492. The van der Waals surface area contributed by atoms with Gasteiger partial charge in [0, 0.05) is 27.7 Å². The number of primary amides is 1. The van der Waals surface area contributed by atoms with E-state index in [0.29, 0.717) is 33.4 Å². The van der Waals surface area contributed by atoms with E-state index in [1.807, 2.05) is 0 Å². The van der Waals surface area contributed by atoms with Crippen molar-refractivity contribution in [1.82, 2.24) is 4.90 Å². The number of likely N-dealkylation sites (N-methyl/N-ethyl adjacent to an activating group) is 1. The van der Waals surface area contributed by atoms with Crippen LogP contribution >= 0.6 is 22.9 Å². The second-order valence-electron chi connectivity index (χ2n) is 6.72. The molecule has 2 atom stereocenters. The first kappa shape index (κ1) is 17.3. The quantitative estimate of drug-likeness (QED) is 0.744. The number of anilines is 2. The van der Waals surface area contributed by atoms with Gasteiger partial charge in [-0.1, -0.05) is 11.6 Å². The van der Waals surface area contributed by atoms with Gasteiger partial charge in [-0.25, -0.2) is 4.79 Å². The van der Waals surface area contributed by atoms with Crippen LogP contribution in [0.2, 0.25) is 5.02 Å². The number of halogens is 1. The number of thiophene rings is 1. The standard InChI is InChI=1S/C18H19ClN4O2S/c1-23-11-6-7-13(23)15-12(8-11)14(16(20)24)17(26-15)22-18(25)21-10-4-2-9(19)3-5-10/h2-5,11,13H,6-8H2,1H3,(H2,20,24)(H2,21,22,25). The molecule has 3 amide bonds. The summed E-state index contributed by atoms with van der Waals surface area (Å²) in [6, 6.07) is 7.16. The molecule has 2 bridgehead atoms. The average Bonchev–Trinajstić information content (AvgIpc) is 3.05. The van der Waals surface area contributed by atoms with Crippen LogP contribution in [0.25, 0.3) is 0 Å². The number of rotatable bonds is 3. The van der Waals surface area contributed by atoms with E-state index in [-0.39, 0.29) is 0 Å². The summed E-state index contributed by atoms with van der Waals surface area (Å²) < 4.78 is 0. The molecule has 2 aliphatic rings. The lowest BCUT2D eigenvalue weighted by molar-refractivity contribution is 0.0999. The molecule has 1 saturated heterocycles. The van der Waals surface area contributed by atoms with Gasteiger partial charge in [0.25, 0.3) is 5.91 Å².